The summed E-state index contributed by atoms with van der Waals surface area (Å²) in [5, 5.41) is 4.29. The van der Waals surface area contributed by atoms with Crippen LogP contribution in [0, 0.1) is 0 Å². The van der Waals surface area contributed by atoms with Crippen molar-refractivity contribution < 1.29 is 13.2 Å². The first-order valence-electron chi connectivity index (χ1n) is 9.49. The summed E-state index contributed by atoms with van der Waals surface area (Å²) in [4.78, 5) is 17.9. The average Bonchev–Trinajstić information content (AvgIpc) is 3.29. The highest BCUT2D eigenvalue weighted by atomic mass is 32.2. The zero-order valence-corrected chi connectivity index (χ0v) is 17.2. The summed E-state index contributed by atoms with van der Waals surface area (Å²) in [6.07, 6.45) is 1.77. The van der Waals surface area contributed by atoms with Gasteiger partial charge in [0, 0.05) is 32.5 Å². The molecule has 2 heterocycles. The van der Waals surface area contributed by atoms with Crippen LogP contribution in [0.5, 0.6) is 0 Å². The first-order chi connectivity index (χ1) is 14.5. The maximum Gasteiger partial charge on any atom is 0.264 e. The van der Waals surface area contributed by atoms with Crippen LogP contribution in [0.3, 0.4) is 0 Å². The number of aromatic nitrogens is 1. The Morgan fingerprint density at radius 3 is 2.70 bits per heavy atom. The quantitative estimate of drug-likeness (QED) is 0.500. The molecule has 0 saturated carbocycles. The molecule has 0 bridgehead atoms. The van der Waals surface area contributed by atoms with Gasteiger partial charge in [0.2, 0.25) is 0 Å². The van der Waals surface area contributed by atoms with Gasteiger partial charge in [-0.15, -0.1) is 11.3 Å². The molecule has 0 radical (unpaired) electrons. The molecule has 3 aromatic carbocycles. The number of carbonyl (C=O) groups excluding carboxylic acids is 1. The van der Waals surface area contributed by atoms with Crippen molar-refractivity contribution in [2.24, 2.45) is 0 Å². The van der Waals surface area contributed by atoms with Crippen molar-refractivity contribution in [3.05, 3.63) is 70.6 Å². The van der Waals surface area contributed by atoms with Gasteiger partial charge < -0.3 is 5.32 Å². The molecule has 0 unspecified atom stereocenters. The summed E-state index contributed by atoms with van der Waals surface area (Å²) < 4.78 is 29.2. The van der Waals surface area contributed by atoms with E-state index in [2.05, 4.69) is 21.1 Å². The lowest BCUT2D eigenvalue weighted by Crippen LogP contribution is -2.13. The van der Waals surface area contributed by atoms with Gasteiger partial charge >= 0.3 is 0 Å². The van der Waals surface area contributed by atoms with Gasteiger partial charge in [-0.2, -0.15) is 0 Å². The highest BCUT2D eigenvalue weighted by Crippen LogP contribution is 2.40. The summed E-state index contributed by atoms with van der Waals surface area (Å²) >= 11 is 1.38. The van der Waals surface area contributed by atoms with Crippen molar-refractivity contribution in [1.29, 1.82) is 0 Å². The van der Waals surface area contributed by atoms with Crippen molar-refractivity contribution in [1.82, 2.24) is 4.98 Å². The molecule has 2 aliphatic rings. The van der Waals surface area contributed by atoms with Crippen LogP contribution in [-0.2, 0) is 22.9 Å². The molecule has 0 saturated heterocycles. The summed E-state index contributed by atoms with van der Waals surface area (Å²) in [5.74, 6) is -0.218. The number of carbonyl (C=O) groups is 1. The van der Waals surface area contributed by atoms with Crippen molar-refractivity contribution in [2.75, 3.05) is 10.0 Å². The van der Waals surface area contributed by atoms with E-state index in [1.54, 1.807) is 24.3 Å². The number of sulfonamides is 1. The van der Waals surface area contributed by atoms with Crippen LogP contribution in [0.15, 0.2) is 59.5 Å². The van der Waals surface area contributed by atoms with Crippen molar-refractivity contribution in [2.45, 2.75) is 17.7 Å². The number of nitrogens with zero attached hydrogens (tertiary/aromatic N) is 1. The fraction of sp³-hybridized carbons (Fsp3) is 0.0909. The molecule has 6 nitrogen and oxygen atoms in total. The van der Waals surface area contributed by atoms with Crippen LogP contribution in [-0.4, -0.2) is 19.3 Å². The lowest BCUT2D eigenvalue weighted by Gasteiger charge is -2.13. The first-order valence-corrected chi connectivity index (χ1v) is 11.8. The lowest BCUT2D eigenvalue weighted by molar-refractivity contribution is 0.103. The SMILES string of the molecule is O=C1Nc2ccc(S(=O)(=O)Nc3nc4c(s3)CCc3ccccc3-4)c3cccc1c23. The normalized spacial score (nSPS) is 14.3. The van der Waals surface area contributed by atoms with E-state index in [0.717, 1.165) is 29.0 Å². The van der Waals surface area contributed by atoms with E-state index < -0.39 is 10.0 Å². The molecule has 0 fully saturated rings. The van der Waals surface area contributed by atoms with Crippen molar-refractivity contribution >= 4 is 48.9 Å². The van der Waals surface area contributed by atoms with E-state index in [-0.39, 0.29) is 10.8 Å². The second-order valence-corrected chi connectivity index (χ2v) is 10.1. The third kappa shape index (κ3) is 2.50. The largest absolute Gasteiger partial charge is 0.321 e. The fourth-order valence-electron chi connectivity index (χ4n) is 4.26. The van der Waals surface area contributed by atoms with Gasteiger partial charge in [-0.3, -0.25) is 9.52 Å². The Kier molecular flexibility index (Phi) is 3.60. The predicted molar refractivity (Wildman–Crippen MR) is 118 cm³/mol. The third-order valence-electron chi connectivity index (χ3n) is 5.60. The van der Waals surface area contributed by atoms with E-state index in [0.29, 0.717) is 27.2 Å². The molecule has 6 rings (SSSR count). The smallest absolute Gasteiger partial charge is 0.264 e. The van der Waals surface area contributed by atoms with Gasteiger partial charge in [0.05, 0.1) is 10.6 Å². The highest BCUT2D eigenvalue weighted by Gasteiger charge is 2.28. The number of nitrogens with one attached hydrogen (secondary N) is 2. The Labute approximate surface area is 176 Å². The highest BCUT2D eigenvalue weighted by molar-refractivity contribution is 7.93. The van der Waals surface area contributed by atoms with E-state index >= 15 is 0 Å². The van der Waals surface area contributed by atoms with Crippen LogP contribution in [0.4, 0.5) is 10.8 Å². The molecule has 2 N–H and O–H groups in total. The Hall–Kier alpha value is -3.23. The predicted octanol–water partition coefficient (Wildman–Crippen LogP) is 4.43. The number of anilines is 2. The second kappa shape index (κ2) is 6.13. The van der Waals surface area contributed by atoms with E-state index in [1.807, 2.05) is 18.2 Å². The number of thiazole rings is 1. The summed E-state index contributed by atoms with van der Waals surface area (Å²) in [5.41, 5.74) is 4.27. The second-order valence-electron chi connectivity index (χ2n) is 7.35. The Bertz CT molecular complexity index is 1490. The molecule has 1 aliphatic carbocycles. The van der Waals surface area contributed by atoms with Gasteiger partial charge in [-0.25, -0.2) is 13.4 Å². The topological polar surface area (TPSA) is 88.2 Å². The average molecular weight is 434 g/mol. The summed E-state index contributed by atoms with van der Waals surface area (Å²) in [6, 6.07) is 16.4. The van der Waals surface area contributed by atoms with E-state index in [9.17, 15) is 13.2 Å². The zero-order valence-electron chi connectivity index (χ0n) is 15.6. The summed E-state index contributed by atoms with van der Waals surface area (Å²) in [6.45, 7) is 0. The van der Waals surface area contributed by atoms with Crippen LogP contribution < -0.4 is 10.0 Å². The van der Waals surface area contributed by atoms with Crippen molar-refractivity contribution in [3.8, 4) is 11.3 Å². The van der Waals surface area contributed by atoms with Gasteiger partial charge in [-0.1, -0.05) is 36.4 Å². The molecular weight excluding hydrogens is 418 g/mol. The van der Waals surface area contributed by atoms with Crippen LogP contribution in [0.1, 0.15) is 20.8 Å². The lowest BCUT2D eigenvalue weighted by atomic mass is 9.94. The van der Waals surface area contributed by atoms with Crippen LogP contribution in [0.2, 0.25) is 0 Å². The fourth-order valence-corrected chi connectivity index (χ4v) is 6.67. The molecule has 1 amide bonds. The molecular formula is C22H15N3O3S2. The molecule has 1 aromatic heterocycles. The number of fused-ring (bicyclic) bond motifs is 3. The third-order valence-corrected chi connectivity index (χ3v) is 8.15. The van der Waals surface area contributed by atoms with Crippen LogP contribution in [0.25, 0.3) is 22.0 Å². The van der Waals surface area contributed by atoms with E-state index in [1.165, 1.54) is 23.0 Å². The maximum atomic E-state index is 13.2. The number of benzene rings is 3. The Morgan fingerprint density at radius 1 is 0.967 bits per heavy atom. The molecule has 0 atom stereocenters. The summed E-state index contributed by atoms with van der Waals surface area (Å²) in [7, 11) is -3.88. The van der Waals surface area contributed by atoms with Crippen LogP contribution >= 0.6 is 11.3 Å². The minimum absolute atomic E-state index is 0.133. The number of rotatable bonds is 3. The minimum atomic E-state index is -3.88. The van der Waals surface area contributed by atoms with Gasteiger partial charge in [0.1, 0.15) is 0 Å². The standard InChI is InChI=1S/C22H15N3O3S2/c26-21-15-7-3-6-14-18(11-9-16(23-21)19(14)15)30(27,28)25-22-24-20-13-5-2-1-4-12(13)8-10-17(20)29-22/h1-7,9,11H,8,10H2,(H,23,26)(H,24,25). The molecule has 30 heavy (non-hydrogen) atoms. The number of hydrogen-bond acceptors (Lipinski definition) is 5. The number of amides is 1. The molecule has 0 spiro atoms. The Balaban J connectivity index is 1.43. The maximum absolute atomic E-state index is 13.2. The molecule has 1 aliphatic heterocycles. The number of aryl methyl sites for hydroxylation is 2. The Morgan fingerprint density at radius 2 is 1.80 bits per heavy atom. The van der Waals surface area contributed by atoms with Crippen molar-refractivity contribution in [3.63, 3.8) is 0 Å². The monoisotopic (exact) mass is 433 g/mol. The first kappa shape index (κ1) is 17.6. The molecule has 4 aromatic rings. The minimum Gasteiger partial charge on any atom is -0.321 e. The zero-order chi connectivity index (χ0) is 20.5. The molecule has 8 heteroatoms. The van der Waals surface area contributed by atoms with Gasteiger partial charge in [-0.05, 0) is 36.6 Å². The van der Waals surface area contributed by atoms with Gasteiger partial charge in [0.25, 0.3) is 15.9 Å². The van der Waals surface area contributed by atoms with E-state index in [4.69, 9.17) is 0 Å². The molecule has 148 valence electrons. The number of hydrogen-bond donors (Lipinski definition) is 2. The van der Waals surface area contributed by atoms with Gasteiger partial charge in [0.15, 0.2) is 5.13 Å².